The van der Waals surface area contributed by atoms with Gasteiger partial charge in [0.15, 0.2) is 11.5 Å². The number of carbonyl (C=O) groups excluding carboxylic acids is 1. The maximum Gasteiger partial charge on any atom is 0.251 e. The molecule has 2 unspecified atom stereocenters. The highest BCUT2D eigenvalue weighted by Crippen LogP contribution is 2.34. The number of likely N-dealkylation sites (N-methyl/N-ethyl adjacent to an activating group) is 1. The van der Waals surface area contributed by atoms with Crippen molar-refractivity contribution in [2.45, 2.75) is 56.8 Å². The highest BCUT2D eigenvalue weighted by Gasteiger charge is 2.45. The molecule has 0 N–H and O–H groups in total. The third-order valence-electron chi connectivity index (χ3n) is 6.22. The molecule has 0 radical (unpaired) electrons. The summed E-state index contributed by atoms with van der Waals surface area (Å²) in [6.45, 7) is 6.45. The van der Waals surface area contributed by atoms with Gasteiger partial charge in [0.1, 0.15) is 18.8 Å². The van der Waals surface area contributed by atoms with Crippen molar-refractivity contribution >= 4 is 5.91 Å². The Morgan fingerprint density at radius 3 is 2.64 bits per heavy atom. The molecule has 0 saturated carbocycles. The monoisotopic (exact) mass is 388 g/mol. The summed E-state index contributed by atoms with van der Waals surface area (Å²) in [5, 5.41) is 0. The molecule has 1 amide bonds. The van der Waals surface area contributed by atoms with Crippen LogP contribution in [-0.4, -0.2) is 73.3 Å². The van der Waals surface area contributed by atoms with E-state index in [-0.39, 0.29) is 23.7 Å². The molecule has 1 spiro atoms. The first-order chi connectivity index (χ1) is 13.6. The lowest BCUT2D eigenvalue weighted by atomic mass is 9.88. The van der Waals surface area contributed by atoms with Gasteiger partial charge in [-0.25, -0.2) is 0 Å². The van der Waals surface area contributed by atoms with Crippen LogP contribution in [0.3, 0.4) is 0 Å². The van der Waals surface area contributed by atoms with E-state index in [1.165, 1.54) is 0 Å². The van der Waals surface area contributed by atoms with Gasteiger partial charge in [-0.1, -0.05) is 25.5 Å². The number of para-hydroxylation sites is 2. The largest absolute Gasteiger partial charge is 0.486 e. The third kappa shape index (κ3) is 4.13. The molecule has 0 aliphatic carbocycles. The summed E-state index contributed by atoms with van der Waals surface area (Å²) in [6.07, 6.45) is 4.55. The third-order valence-corrected chi connectivity index (χ3v) is 6.22. The molecule has 154 valence electrons. The van der Waals surface area contributed by atoms with Gasteiger partial charge in [-0.15, -0.1) is 0 Å². The highest BCUT2D eigenvalue weighted by molar-refractivity contribution is 5.81. The average molecular weight is 389 g/mol. The summed E-state index contributed by atoms with van der Waals surface area (Å²) in [6, 6.07) is 7.87. The molecule has 2 saturated heterocycles. The molecular formula is C22H32N2O4. The van der Waals surface area contributed by atoms with Gasteiger partial charge in [-0.3, -0.25) is 4.79 Å². The number of amides is 1. The number of morpholine rings is 1. The fourth-order valence-electron chi connectivity index (χ4n) is 4.58. The minimum Gasteiger partial charge on any atom is -0.486 e. The summed E-state index contributed by atoms with van der Waals surface area (Å²) in [7, 11) is 1.92. The van der Waals surface area contributed by atoms with Crippen LogP contribution in [0.2, 0.25) is 0 Å². The molecule has 3 aliphatic heterocycles. The number of piperidine rings is 1. The molecule has 2 atom stereocenters. The highest BCUT2D eigenvalue weighted by atomic mass is 16.6. The first kappa shape index (κ1) is 19.5. The van der Waals surface area contributed by atoms with Crippen LogP contribution in [0.5, 0.6) is 11.5 Å². The zero-order chi connectivity index (χ0) is 19.6. The van der Waals surface area contributed by atoms with Crippen molar-refractivity contribution in [1.29, 1.82) is 0 Å². The molecule has 28 heavy (non-hydrogen) atoms. The van der Waals surface area contributed by atoms with E-state index in [1.54, 1.807) is 0 Å². The molecular weight excluding hydrogens is 356 g/mol. The smallest absolute Gasteiger partial charge is 0.251 e. The standard InChI is InChI=1S/C22H32N2O4/c1-3-6-20-21(25)23(2)16-22(28-20)10-13-24(14-11-22)12-9-17-15-26-18-7-4-5-8-19(18)27-17/h4-5,7-8,17,20H,3,6,9-16H2,1-2H3. The van der Waals surface area contributed by atoms with E-state index in [2.05, 4.69) is 11.8 Å². The van der Waals surface area contributed by atoms with Crippen LogP contribution < -0.4 is 9.47 Å². The Balaban J connectivity index is 1.26. The first-order valence-electron chi connectivity index (χ1n) is 10.6. The van der Waals surface area contributed by atoms with Crippen LogP contribution in [0.15, 0.2) is 24.3 Å². The summed E-state index contributed by atoms with van der Waals surface area (Å²) in [5.74, 6) is 1.83. The van der Waals surface area contributed by atoms with Crippen LogP contribution in [-0.2, 0) is 9.53 Å². The Bertz CT molecular complexity index is 687. The minimum absolute atomic E-state index is 0.106. The van der Waals surface area contributed by atoms with Crippen LogP contribution in [0, 0.1) is 0 Å². The second-order valence-electron chi connectivity index (χ2n) is 8.40. The van der Waals surface area contributed by atoms with Crippen molar-refractivity contribution < 1.29 is 19.0 Å². The molecule has 1 aromatic rings. The van der Waals surface area contributed by atoms with E-state index in [4.69, 9.17) is 14.2 Å². The first-order valence-corrected chi connectivity index (χ1v) is 10.6. The lowest BCUT2D eigenvalue weighted by Crippen LogP contribution is -2.61. The van der Waals surface area contributed by atoms with Crippen molar-refractivity contribution in [2.24, 2.45) is 0 Å². The van der Waals surface area contributed by atoms with E-state index in [1.807, 2.05) is 36.2 Å². The maximum atomic E-state index is 12.3. The lowest BCUT2D eigenvalue weighted by molar-refractivity contribution is -0.191. The Labute approximate surface area is 167 Å². The number of rotatable bonds is 5. The molecule has 3 aliphatic rings. The normalized spacial score (nSPS) is 27.2. The second-order valence-corrected chi connectivity index (χ2v) is 8.40. The maximum absolute atomic E-state index is 12.3. The van der Waals surface area contributed by atoms with E-state index < -0.39 is 0 Å². The number of carbonyl (C=O) groups is 1. The minimum atomic E-state index is -0.261. The van der Waals surface area contributed by atoms with Crippen molar-refractivity contribution in [3.05, 3.63) is 24.3 Å². The van der Waals surface area contributed by atoms with E-state index in [0.717, 1.165) is 69.8 Å². The molecule has 0 bridgehead atoms. The average Bonchev–Trinajstić information content (AvgIpc) is 2.71. The molecule has 1 aromatic carbocycles. The van der Waals surface area contributed by atoms with Gasteiger partial charge in [0, 0.05) is 39.6 Å². The fraction of sp³-hybridized carbons (Fsp3) is 0.682. The Morgan fingerprint density at radius 1 is 1.14 bits per heavy atom. The van der Waals surface area contributed by atoms with Gasteiger partial charge in [-0.05, 0) is 31.4 Å². The number of fused-ring (bicyclic) bond motifs is 1. The van der Waals surface area contributed by atoms with E-state index >= 15 is 0 Å². The molecule has 3 heterocycles. The van der Waals surface area contributed by atoms with Gasteiger partial charge in [0.2, 0.25) is 0 Å². The van der Waals surface area contributed by atoms with Gasteiger partial charge < -0.3 is 24.0 Å². The quantitative estimate of drug-likeness (QED) is 0.776. The number of benzene rings is 1. The number of hydrogen-bond acceptors (Lipinski definition) is 5. The Morgan fingerprint density at radius 2 is 1.89 bits per heavy atom. The van der Waals surface area contributed by atoms with Crippen molar-refractivity contribution in [2.75, 3.05) is 39.8 Å². The van der Waals surface area contributed by atoms with Gasteiger partial charge >= 0.3 is 0 Å². The van der Waals surface area contributed by atoms with Gasteiger partial charge in [-0.2, -0.15) is 0 Å². The lowest BCUT2D eigenvalue weighted by Gasteiger charge is -2.49. The number of hydrogen-bond donors (Lipinski definition) is 0. The Kier molecular flexibility index (Phi) is 5.78. The molecule has 4 rings (SSSR count). The topological polar surface area (TPSA) is 51.2 Å². The van der Waals surface area contributed by atoms with Crippen LogP contribution in [0.4, 0.5) is 0 Å². The fourth-order valence-corrected chi connectivity index (χ4v) is 4.58. The van der Waals surface area contributed by atoms with Crippen molar-refractivity contribution in [3.63, 3.8) is 0 Å². The molecule has 2 fully saturated rings. The molecule has 0 aromatic heterocycles. The summed E-state index contributed by atoms with van der Waals surface area (Å²) >= 11 is 0. The zero-order valence-corrected chi connectivity index (χ0v) is 17.1. The summed E-state index contributed by atoms with van der Waals surface area (Å²) in [5.41, 5.74) is -0.164. The summed E-state index contributed by atoms with van der Waals surface area (Å²) < 4.78 is 18.3. The van der Waals surface area contributed by atoms with Crippen molar-refractivity contribution in [3.8, 4) is 11.5 Å². The second kappa shape index (κ2) is 8.29. The van der Waals surface area contributed by atoms with E-state index in [0.29, 0.717) is 6.61 Å². The van der Waals surface area contributed by atoms with Crippen LogP contribution in [0.1, 0.15) is 39.0 Å². The van der Waals surface area contributed by atoms with Crippen LogP contribution in [0.25, 0.3) is 0 Å². The van der Waals surface area contributed by atoms with E-state index in [9.17, 15) is 4.79 Å². The van der Waals surface area contributed by atoms with Crippen LogP contribution >= 0.6 is 0 Å². The summed E-state index contributed by atoms with van der Waals surface area (Å²) in [4.78, 5) is 16.7. The number of likely N-dealkylation sites (tertiary alicyclic amines) is 1. The SMILES string of the molecule is CCCC1OC2(CCN(CCC3COc4ccccc4O3)CC2)CN(C)C1=O. The number of ether oxygens (including phenoxy) is 3. The predicted octanol–water partition coefficient (Wildman–Crippen LogP) is 2.71. The zero-order valence-electron chi connectivity index (χ0n) is 17.1. The predicted molar refractivity (Wildman–Crippen MR) is 107 cm³/mol. The molecule has 6 nitrogen and oxygen atoms in total. The van der Waals surface area contributed by atoms with Gasteiger partial charge in [0.25, 0.3) is 5.91 Å². The number of nitrogens with zero attached hydrogens (tertiary/aromatic N) is 2. The molecule has 6 heteroatoms. The van der Waals surface area contributed by atoms with Gasteiger partial charge in [0.05, 0.1) is 5.60 Å². The Hall–Kier alpha value is -1.79. The van der Waals surface area contributed by atoms with Crippen molar-refractivity contribution in [1.82, 2.24) is 9.80 Å².